The summed E-state index contributed by atoms with van der Waals surface area (Å²) in [6.45, 7) is 3.78. The number of rotatable bonds is 6. The van der Waals surface area contributed by atoms with Gasteiger partial charge < -0.3 is 31.1 Å². The van der Waals surface area contributed by atoms with Gasteiger partial charge in [0.05, 0.1) is 29.1 Å². The number of halogens is 1. The summed E-state index contributed by atoms with van der Waals surface area (Å²) in [5, 5.41) is 16.2. The largest absolute Gasteiger partial charge is 0.477 e. The number of carboxylic acids is 1. The molecule has 1 aromatic heterocycles. The van der Waals surface area contributed by atoms with Crippen LogP contribution >= 0.6 is 0 Å². The average Bonchev–Trinajstić information content (AvgIpc) is 3.28. The third-order valence-electron chi connectivity index (χ3n) is 7.38. The molecule has 4 heterocycles. The van der Waals surface area contributed by atoms with Crippen molar-refractivity contribution in [1.82, 2.24) is 20.5 Å². The van der Waals surface area contributed by atoms with Crippen LogP contribution in [0.15, 0.2) is 59.0 Å². The number of fused-ring (bicyclic) bond motifs is 1. The first-order valence-corrected chi connectivity index (χ1v) is 11.5. The van der Waals surface area contributed by atoms with Crippen molar-refractivity contribution in [3.63, 3.8) is 0 Å². The number of aromatic nitrogens is 1. The Balaban J connectivity index is 1.50. The summed E-state index contributed by atoms with van der Waals surface area (Å²) >= 11 is 0. The van der Waals surface area contributed by atoms with E-state index < -0.39 is 40.3 Å². The van der Waals surface area contributed by atoms with Crippen molar-refractivity contribution >= 4 is 11.8 Å². The monoisotopic (exact) mass is 469 g/mol. The number of morpholine rings is 1. The van der Waals surface area contributed by atoms with Crippen molar-refractivity contribution in [3.8, 4) is 0 Å². The first-order valence-electron chi connectivity index (χ1n) is 11.5. The molecule has 1 spiro atoms. The van der Waals surface area contributed by atoms with Crippen LogP contribution < -0.4 is 16.4 Å². The number of allylic oxidation sites excluding steroid dienone is 1. The SMILES string of the molecule is CC12C3=C(N)C(F)=C(NCCCc4ccccn4)C1OCC1(CCNC1)N2C=C(C(=O)O)C3=O. The predicted octanol–water partition coefficient (Wildman–Crippen LogP) is 0.754. The van der Waals surface area contributed by atoms with Crippen LogP contribution in [0.3, 0.4) is 0 Å². The average molecular weight is 470 g/mol. The summed E-state index contributed by atoms with van der Waals surface area (Å²) in [6, 6.07) is 5.71. The van der Waals surface area contributed by atoms with E-state index in [1.807, 2.05) is 23.1 Å². The Morgan fingerprint density at radius 3 is 2.97 bits per heavy atom. The van der Waals surface area contributed by atoms with E-state index in [-0.39, 0.29) is 23.6 Å². The zero-order valence-electron chi connectivity index (χ0n) is 18.9. The van der Waals surface area contributed by atoms with Gasteiger partial charge in [-0.1, -0.05) is 6.07 Å². The smallest absolute Gasteiger partial charge is 0.341 e. The van der Waals surface area contributed by atoms with Gasteiger partial charge in [0.25, 0.3) is 0 Å². The van der Waals surface area contributed by atoms with Crippen molar-refractivity contribution < 1.29 is 23.8 Å². The number of ketones is 1. The van der Waals surface area contributed by atoms with Crippen LogP contribution in [0, 0.1) is 0 Å². The molecule has 5 rings (SSSR count). The Kier molecular flexibility index (Phi) is 5.44. The molecule has 3 unspecified atom stereocenters. The lowest BCUT2D eigenvalue weighted by molar-refractivity contribution is -0.152. The van der Waals surface area contributed by atoms with Crippen molar-refractivity contribution in [3.05, 3.63) is 64.7 Å². The number of pyridine rings is 1. The first-order chi connectivity index (χ1) is 16.3. The molecule has 2 saturated heterocycles. The number of aryl methyl sites for hydroxylation is 1. The molecular formula is C24H28FN5O4. The highest BCUT2D eigenvalue weighted by atomic mass is 19.1. The number of aliphatic carboxylic acids is 1. The number of nitrogens with one attached hydrogen (secondary N) is 2. The van der Waals surface area contributed by atoms with E-state index in [9.17, 15) is 14.7 Å². The van der Waals surface area contributed by atoms with Crippen molar-refractivity contribution in [2.24, 2.45) is 5.73 Å². The maximum atomic E-state index is 15.6. The van der Waals surface area contributed by atoms with Gasteiger partial charge in [-0.15, -0.1) is 0 Å². The molecule has 1 aliphatic carbocycles. The topological polar surface area (TPSA) is 130 Å². The van der Waals surface area contributed by atoms with E-state index in [0.717, 1.165) is 12.2 Å². The van der Waals surface area contributed by atoms with Crippen molar-refractivity contribution in [2.75, 3.05) is 26.2 Å². The van der Waals surface area contributed by atoms with Crippen LogP contribution in [0.1, 0.15) is 25.5 Å². The lowest BCUT2D eigenvalue weighted by Crippen LogP contribution is -2.74. The number of nitrogens with two attached hydrogens (primary N) is 1. The van der Waals surface area contributed by atoms with E-state index in [1.165, 1.54) is 6.20 Å². The second kappa shape index (κ2) is 8.21. The van der Waals surface area contributed by atoms with E-state index in [0.29, 0.717) is 32.4 Å². The van der Waals surface area contributed by atoms with Crippen molar-refractivity contribution in [1.29, 1.82) is 0 Å². The Bertz CT molecular complexity index is 1130. The van der Waals surface area contributed by atoms with Gasteiger partial charge in [0.1, 0.15) is 17.2 Å². The van der Waals surface area contributed by atoms with Crippen LogP contribution in [0.2, 0.25) is 0 Å². The number of Topliss-reactive ketones (excluding diaryl/α,β-unsaturated/α-hetero) is 1. The molecule has 2 fully saturated rings. The Hall–Kier alpha value is -3.24. The minimum atomic E-state index is -1.36. The third-order valence-corrected chi connectivity index (χ3v) is 7.38. The molecule has 1 aromatic rings. The van der Waals surface area contributed by atoms with Crippen LogP contribution in [-0.2, 0) is 20.7 Å². The van der Waals surface area contributed by atoms with Crippen LogP contribution in [0.5, 0.6) is 0 Å². The second-order valence-corrected chi connectivity index (χ2v) is 9.40. The Morgan fingerprint density at radius 2 is 2.29 bits per heavy atom. The highest BCUT2D eigenvalue weighted by Gasteiger charge is 2.63. The maximum Gasteiger partial charge on any atom is 0.341 e. The summed E-state index contributed by atoms with van der Waals surface area (Å²) in [7, 11) is 0. The number of carboxylic acid groups (broad SMARTS) is 1. The van der Waals surface area contributed by atoms with Gasteiger partial charge in [-0.05, 0) is 44.9 Å². The normalized spacial score (nSPS) is 30.5. The van der Waals surface area contributed by atoms with E-state index in [1.54, 1.807) is 13.1 Å². The fourth-order valence-corrected chi connectivity index (χ4v) is 5.71. The fraction of sp³-hybridized carbons (Fsp3) is 0.458. The lowest BCUT2D eigenvalue weighted by atomic mass is 9.68. The van der Waals surface area contributed by atoms with Crippen LogP contribution in [0.4, 0.5) is 4.39 Å². The number of ether oxygens (including phenoxy) is 1. The number of nitrogens with zero attached hydrogens (tertiary/aromatic N) is 2. The summed E-state index contributed by atoms with van der Waals surface area (Å²) in [6.07, 6.45) is 4.41. The fourth-order valence-electron chi connectivity index (χ4n) is 5.71. The number of carbonyl (C=O) groups excluding carboxylic acids is 1. The molecule has 3 atom stereocenters. The third kappa shape index (κ3) is 3.24. The van der Waals surface area contributed by atoms with Gasteiger partial charge in [0, 0.05) is 31.2 Å². The second-order valence-electron chi connectivity index (χ2n) is 9.40. The van der Waals surface area contributed by atoms with Crippen LogP contribution in [-0.4, -0.2) is 70.2 Å². The molecule has 9 nitrogen and oxygen atoms in total. The zero-order valence-corrected chi connectivity index (χ0v) is 18.9. The van der Waals surface area contributed by atoms with Gasteiger partial charge >= 0.3 is 5.97 Å². The van der Waals surface area contributed by atoms with Gasteiger partial charge in [-0.2, -0.15) is 0 Å². The van der Waals surface area contributed by atoms with Gasteiger partial charge in [0.15, 0.2) is 5.83 Å². The summed E-state index contributed by atoms with van der Waals surface area (Å²) < 4.78 is 21.9. The summed E-state index contributed by atoms with van der Waals surface area (Å²) in [5.74, 6) is -2.90. The molecule has 34 heavy (non-hydrogen) atoms. The lowest BCUT2D eigenvalue weighted by Gasteiger charge is -2.61. The van der Waals surface area contributed by atoms with Gasteiger partial charge in [-0.25, -0.2) is 9.18 Å². The minimum absolute atomic E-state index is 0.0556. The predicted molar refractivity (Wildman–Crippen MR) is 121 cm³/mol. The zero-order chi connectivity index (χ0) is 24.1. The standard InChI is InChI=1S/C24H28FN5O4/c1-23-16-18(26)17(25)19(29-9-4-6-14-5-2-3-8-28-14)21(23)34-13-24(7-10-27-12-24)30(23)11-15(20(16)31)22(32)33/h2-3,5,8,11,21,27,29H,4,6-7,9-10,12-13,26H2,1H3,(H,32,33). The maximum absolute atomic E-state index is 15.6. The highest BCUT2D eigenvalue weighted by molar-refractivity contribution is 6.25. The summed E-state index contributed by atoms with van der Waals surface area (Å²) in [4.78, 5) is 31.3. The quantitative estimate of drug-likeness (QED) is 0.352. The molecule has 0 saturated carbocycles. The van der Waals surface area contributed by atoms with E-state index in [4.69, 9.17) is 10.5 Å². The van der Waals surface area contributed by atoms with E-state index in [2.05, 4.69) is 15.6 Å². The molecule has 0 amide bonds. The number of carbonyl (C=O) groups is 2. The molecule has 0 bridgehead atoms. The molecule has 180 valence electrons. The van der Waals surface area contributed by atoms with Crippen molar-refractivity contribution in [2.45, 2.75) is 43.4 Å². The Morgan fingerprint density at radius 1 is 1.47 bits per heavy atom. The molecule has 5 N–H and O–H groups in total. The molecule has 4 aliphatic rings. The molecule has 0 aromatic carbocycles. The van der Waals surface area contributed by atoms with Gasteiger partial charge in [-0.3, -0.25) is 9.78 Å². The summed E-state index contributed by atoms with van der Waals surface area (Å²) in [5.41, 5.74) is 4.82. The number of hydrogen-bond donors (Lipinski definition) is 4. The molecular weight excluding hydrogens is 441 g/mol. The highest BCUT2D eigenvalue weighted by Crippen LogP contribution is 2.51. The van der Waals surface area contributed by atoms with E-state index >= 15 is 4.39 Å². The number of hydrogen-bond acceptors (Lipinski definition) is 8. The van der Waals surface area contributed by atoms with Crippen LogP contribution in [0.25, 0.3) is 0 Å². The Labute approximate surface area is 196 Å². The minimum Gasteiger partial charge on any atom is -0.477 e. The molecule has 0 radical (unpaired) electrons. The first kappa shape index (κ1) is 22.5. The molecule has 10 heteroatoms. The van der Waals surface area contributed by atoms with Gasteiger partial charge in [0.2, 0.25) is 5.78 Å². The molecule has 3 aliphatic heterocycles.